The van der Waals surface area contributed by atoms with Gasteiger partial charge in [-0.25, -0.2) is 4.98 Å². The zero-order chi connectivity index (χ0) is 15.7. The lowest BCUT2D eigenvalue weighted by Crippen LogP contribution is -2.13. The van der Waals surface area contributed by atoms with Crippen molar-refractivity contribution < 1.29 is 4.79 Å². The van der Waals surface area contributed by atoms with Crippen LogP contribution in [-0.2, 0) is 4.79 Å². The molecule has 6 nitrogen and oxygen atoms in total. The molecule has 114 valence electrons. The molecule has 0 saturated carbocycles. The summed E-state index contributed by atoms with van der Waals surface area (Å²) in [7, 11) is 0. The van der Waals surface area contributed by atoms with E-state index in [1.54, 1.807) is 0 Å². The summed E-state index contributed by atoms with van der Waals surface area (Å²) >= 11 is 4.06. The first-order chi connectivity index (χ1) is 10.5. The van der Waals surface area contributed by atoms with Crippen LogP contribution in [0.25, 0.3) is 10.2 Å². The Morgan fingerprint density at radius 1 is 1.32 bits per heavy atom. The molecule has 0 radical (unpaired) electrons. The molecule has 0 aliphatic rings. The van der Waals surface area contributed by atoms with Crippen LogP contribution in [-0.4, -0.2) is 26.8 Å². The molecule has 3 rings (SSSR count). The molecule has 0 unspecified atom stereocenters. The van der Waals surface area contributed by atoms with E-state index in [1.807, 2.05) is 6.92 Å². The minimum atomic E-state index is -0.118. The lowest BCUT2D eigenvalue weighted by molar-refractivity contribution is -0.113. The van der Waals surface area contributed by atoms with Gasteiger partial charge in [-0.1, -0.05) is 40.5 Å². The number of nitrogen functional groups attached to an aromatic ring is 1. The van der Waals surface area contributed by atoms with E-state index in [9.17, 15) is 4.79 Å². The zero-order valence-corrected chi connectivity index (χ0v) is 14.4. The second-order valence-electron chi connectivity index (χ2n) is 4.69. The second kappa shape index (κ2) is 6.19. The molecule has 2 heterocycles. The van der Waals surface area contributed by atoms with E-state index in [1.165, 1.54) is 40.0 Å². The number of fused-ring (bicyclic) bond motifs is 1. The number of hydrogen-bond donors (Lipinski definition) is 2. The Hall–Kier alpha value is -1.71. The fourth-order valence-corrected chi connectivity index (χ4v) is 4.48. The number of nitrogens with two attached hydrogens (primary N) is 1. The third-order valence-electron chi connectivity index (χ3n) is 2.83. The van der Waals surface area contributed by atoms with Crippen molar-refractivity contribution >= 4 is 60.8 Å². The molecule has 0 aliphatic heterocycles. The van der Waals surface area contributed by atoms with Crippen molar-refractivity contribution in [1.29, 1.82) is 0 Å². The standard InChI is InChI=1S/C13H13N5OS3/c1-6-3-7(2)10-8(4-6)21-12(16-10)15-9(19)5-20-13-18-17-11(14)22-13/h3-4H,5H2,1-2H3,(H2,14,17)(H,15,16,19). The van der Waals surface area contributed by atoms with Crippen molar-refractivity contribution in [3.05, 3.63) is 23.3 Å². The van der Waals surface area contributed by atoms with Gasteiger partial charge in [-0.05, 0) is 31.0 Å². The first-order valence-electron chi connectivity index (χ1n) is 6.40. The number of anilines is 2. The highest BCUT2D eigenvalue weighted by atomic mass is 32.2. The minimum Gasteiger partial charge on any atom is -0.374 e. The Kier molecular flexibility index (Phi) is 4.27. The Balaban J connectivity index is 1.67. The van der Waals surface area contributed by atoms with Gasteiger partial charge in [0, 0.05) is 0 Å². The van der Waals surface area contributed by atoms with Gasteiger partial charge in [-0.3, -0.25) is 4.79 Å². The number of rotatable bonds is 4. The van der Waals surface area contributed by atoms with Crippen LogP contribution in [0.15, 0.2) is 16.5 Å². The fraction of sp³-hybridized carbons (Fsp3) is 0.231. The number of carbonyl (C=O) groups is 1. The highest BCUT2D eigenvalue weighted by Crippen LogP contribution is 2.29. The lowest BCUT2D eigenvalue weighted by atomic mass is 10.1. The molecule has 2 aromatic heterocycles. The third-order valence-corrected chi connectivity index (χ3v) is 5.63. The Bertz CT molecular complexity index is 841. The largest absolute Gasteiger partial charge is 0.374 e. The van der Waals surface area contributed by atoms with Gasteiger partial charge in [-0.2, -0.15) is 0 Å². The number of hydrogen-bond acceptors (Lipinski definition) is 8. The Morgan fingerprint density at radius 3 is 2.86 bits per heavy atom. The summed E-state index contributed by atoms with van der Waals surface area (Å²) in [6.45, 7) is 4.07. The van der Waals surface area contributed by atoms with Gasteiger partial charge in [0.05, 0.1) is 16.0 Å². The fourth-order valence-electron chi connectivity index (χ4n) is 1.99. The predicted molar refractivity (Wildman–Crippen MR) is 92.8 cm³/mol. The number of aryl methyl sites for hydroxylation is 2. The highest BCUT2D eigenvalue weighted by molar-refractivity contribution is 8.01. The molecule has 0 atom stereocenters. The molecule has 0 bridgehead atoms. The van der Waals surface area contributed by atoms with Gasteiger partial charge in [-0.15, -0.1) is 10.2 Å². The van der Waals surface area contributed by atoms with Gasteiger partial charge in [0.1, 0.15) is 0 Å². The summed E-state index contributed by atoms with van der Waals surface area (Å²) in [5, 5.41) is 11.4. The monoisotopic (exact) mass is 351 g/mol. The van der Waals surface area contributed by atoms with E-state index in [2.05, 4.69) is 39.6 Å². The van der Waals surface area contributed by atoms with Gasteiger partial charge in [0.25, 0.3) is 0 Å². The Morgan fingerprint density at radius 2 is 2.14 bits per heavy atom. The molecule has 0 aliphatic carbocycles. The molecule has 1 amide bonds. The van der Waals surface area contributed by atoms with Crippen LogP contribution in [0.4, 0.5) is 10.3 Å². The van der Waals surface area contributed by atoms with E-state index >= 15 is 0 Å². The second-order valence-corrected chi connectivity index (χ2v) is 7.95. The molecule has 0 spiro atoms. The topological polar surface area (TPSA) is 93.8 Å². The Labute approximate surface area is 139 Å². The number of thioether (sulfide) groups is 1. The first-order valence-corrected chi connectivity index (χ1v) is 9.02. The summed E-state index contributed by atoms with van der Waals surface area (Å²) in [5.41, 5.74) is 8.75. The van der Waals surface area contributed by atoms with Crippen molar-refractivity contribution in [3.8, 4) is 0 Å². The molecule has 9 heteroatoms. The third kappa shape index (κ3) is 3.37. The number of nitrogens with one attached hydrogen (secondary N) is 1. The number of amides is 1. The lowest BCUT2D eigenvalue weighted by Gasteiger charge is -1.98. The normalized spacial score (nSPS) is 11.0. The van der Waals surface area contributed by atoms with Crippen molar-refractivity contribution in [3.63, 3.8) is 0 Å². The molecule has 1 aromatic carbocycles. The molecule has 0 saturated heterocycles. The van der Waals surface area contributed by atoms with Gasteiger partial charge in [0.15, 0.2) is 9.47 Å². The molecular formula is C13H13N5OS3. The first kappa shape index (κ1) is 15.2. The van der Waals surface area contributed by atoms with Crippen LogP contribution in [0.2, 0.25) is 0 Å². The maximum absolute atomic E-state index is 12.0. The number of nitrogens with zero attached hydrogens (tertiary/aromatic N) is 3. The smallest absolute Gasteiger partial charge is 0.236 e. The summed E-state index contributed by atoms with van der Waals surface area (Å²) in [4.78, 5) is 16.5. The average Bonchev–Trinajstić information content (AvgIpc) is 3.02. The van der Waals surface area contributed by atoms with Gasteiger partial charge < -0.3 is 11.1 Å². The molecular weight excluding hydrogens is 338 g/mol. The van der Waals surface area contributed by atoms with Crippen molar-refractivity contribution in [1.82, 2.24) is 15.2 Å². The average molecular weight is 351 g/mol. The van der Waals surface area contributed by atoms with Crippen LogP contribution in [0.3, 0.4) is 0 Å². The van der Waals surface area contributed by atoms with Crippen LogP contribution in [0.5, 0.6) is 0 Å². The van der Waals surface area contributed by atoms with E-state index in [4.69, 9.17) is 5.73 Å². The van der Waals surface area contributed by atoms with Crippen LogP contribution < -0.4 is 11.1 Å². The van der Waals surface area contributed by atoms with Crippen molar-refractivity contribution in [2.75, 3.05) is 16.8 Å². The molecule has 0 fully saturated rings. The molecule has 3 N–H and O–H groups in total. The van der Waals surface area contributed by atoms with E-state index in [0.717, 1.165) is 15.8 Å². The number of carbonyl (C=O) groups excluding carboxylic acids is 1. The summed E-state index contributed by atoms with van der Waals surface area (Å²) < 4.78 is 1.76. The maximum Gasteiger partial charge on any atom is 0.236 e. The van der Waals surface area contributed by atoms with Gasteiger partial charge in [0.2, 0.25) is 11.0 Å². The van der Waals surface area contributed by atoms with Gasteiger partial charge >= 0.3 is 0 Å². The minimum absolute atomic E-state index is 0.118. The van der Waals surface area contributed by atoms with Crippen molar-refractivity contribution in [2.24, 2.45) is 0 Å². The zero-order valence-electron chi connectivity index (χ0n) is 11.9. The van der Waals surface area contributed by atoms with E-state index in [-0.39, 0.29) is 11.7 Å². The van der Waals surface area contributed by atoms with Crippen LogP contribution >= 0.6 is 34.4 Å². The summed E-state index contributed by atoms with van der Waals surface area (Å²) in [5.74, 6) is 0.134. The summed E-state index contributed by atoms with van der Waals surface area (Å²) in [6.07, 6.45) is 0. The maximum atomic E-state index is 12.0. The van der Waals surface area contributed by atoms with E-state index < -0.39 is 0 Å². The predicted octanol–water partition coefficient (Wildman–Crippen LogP) is 3.08. The number of benzene rings is 1. The quantitative estimate of drug-likeness (QED) is 0.702. The van der Waals surface area contributed by atoms with Crippen LogP contribution in [0, 0.1) is 13.8 Å². The molecule has 22 heavy (non-hydrogen) atoms. The number of thiazole rings is 1. The summed E-state index contributed by atoms with van der Waals surface area (Å²) in [6, 6.07) is 4.16. The molecule has 3 aromatic rings. The van der Waals surface area contributed by atoms with Crippen molar-refractivity contribution in [2.45, 2.75) is 18.2 Å². The number of aromatic nitrogens is 3. The van der Waals surface area contributed by atoms with Crippen LogP contribution in [0.1, 0.15) is 11.1 Å². The highest BCUT2D eigenvalue weighted by Gasteiger charge is 2.11. The van der Waals surface area contributed by atoms with E-state index in [0.29, 0.717) is 14.6 Å². The SMILES string of the molecule is Cc1cc(C)c2nc(NC(=O)CSc3nnc(N)s3)sc2c1.